The molecule has 90 valence electrons. The minimum Gasteiger partial charge on any atom is -0.480 e. The van der Waals surface area contributed by atoms with Crippen molar-refractivity contribution in [3.63, 3.8) is 0 Å². The van der Waals surface area contributed by atoms with Gasteiger partial charge in [0.25, 0.3) is 0 Å². The highest BCUT2D eigenvalue weighted by Crippen LogP contribution is 2.36. The number of carboxylic acids is 1. The molecule has 0 fully saturated rings. The standard InChI is InChI=1S/C12H13NO2S2/c1-7(2)10(11(14)15)16-12-8-5-3-4-6-9(8)13-17-12/h3-7,10H,1-2H3,(H,14,15). The van der Waals surface area contributed by atoms with Crippen LogP contribution in [-0.2, 0) is 4.79 Å². The summed E-state index contributed by atoms with van der Waals surface area (Å²) in [6, 6.07) is 7.82. The van der Waals surface area contributed by atoms with E-state index in [4.69, 9.17) is 0 Å². The van der Waals surface area contributed by atoms with Crippen molar-refractivity contribution in [2.45, 2.75) is 23.3 Å². The molecular formula is C12H13NO2S2. The molecule has 1 heterocycles. The van der Waals surface area contributed by atoms with Gasteiger partial charge in [-0.25, -0.2) is 0 Å². The number of rotatable bonds is 4. The third-order valence-corrected chi connectivity index (χ3v) is 5.05. The predicted octanol–water partition coefficient (Wildman–Crippen LogP) is 3.50. The van der Waals surface area contributed by atoms with E-state index in [1.54, 1.807) is 0 Å². The van der Waals surface area contributed by atoms with E-state index >= 15 is 0 Å². The lowest BCUT2D eigenvalue weighted by atomic mass is 10.1. The summed E-state index contributed by atoms with van der Waals surface area (Å²) in [6.45, 7) is 3.85. The molecule has 0 aliphatic heterocycles. The van der Waals surface area contributed by atoms with Crippen molar-refractivity contribution in [2.75, 3.05) is 0 Å². The number of hydrogen-bond donors (Lipinski definition) is 1. The van der Waals surface area contributed by atoms with Crippen LogP contribution in [0, 0.1) is 5.92 Å². The molecule has 0 saturated heterocycles. The van der Waals surface area contributed by atoms with Gasteiger partial charge in [0.05, 0.1) is 9.73 Å². The maximum atomic E-state index is 11.2. The first kappa shape index (κ1) is 12.4. The van der Waals surface area contributed by atoms with Gasteiger partial charge in [0.1, 0.15) is 5.25 Å². The molecule has 1 unspecified atom stereocenters. The van der Waals surface area contributed by atoms with E-state index in [2.05, 4.69) is 4.37 Å². The van der Waals surface area contributed by atoms with E-state index in [0.29, 0.717) is 0 Å². The minimum absolute atomic E-state index is 0.0957. The zero-order chi connectivity index (χ0) is 12.4. The Labute approximate surface area is 108 Å². The van der Waals surface area contributed by atoms with Gasteiger partial charge in [-0.15, -0.1) is 0 Å². The second-order valence-corrected chi connectivity index (χ2v) is 6.29. The molecule has 0 radical (unpaired) electrons. The van der Waals surface area contributed by atoms with Crippen molar-refractivity contribution in [3.8, 4) is 0 Å². The normalized spacial score (nSPS) is 13.1. The molecule has 0 saturated carbocycles. The van der Waals surface area contributed by atoms with Crippen molar-refractivity contribution in [1.82, 2.24) is 4.37 Å². The van der Waals surface area contributed by atoms with E-state index in [9.17, 15) is 9.90 Å². The van der Waals surface area contributed by atoms with Crippen molar-refractivity contribution in [3.05, 3.63) is 24.3 Å². The third-order valence-electron chi connectivity index (χ3n) is 2.43. The van der Waals surface area contributed by atoms with Crippen LogP contribution in [0.4, 0.5) is 0 Å². The van der Waals surface area contributed by atoms with Crippen LogP contribution < -0.4 is 0 Å². The average Bonchev–Trinajstić information content (AvgIpc) is 2.68. The summed E-state index contributed by atoms with van der Waals surface area (Å²) in [5, 5.41) is 9.81. The van der Waals surface area contributed by atoms with Crippen LogP contribution in [-0.4, -0.2) is 20.7 Å². The Hall–Kier alpha value is -1.07. The molecule has 0 spiro atoms. The highest BCUT2D eigenvalue weighted by molar-refractivity contribution is 8.02. The number of nitrogens with zero attached hydrogens (tertiary/aromatic N) is 1. The molecule has 1 aromatic carbocycles. The molecule has 3 nitrogen and oxygen atoms in total. The molecular weight excluding hydrogens is 254 g/mol. The third kappa shape index (κ3) is 2.61. The van der Waals surface area contributed by atoms with Crippen molar-refractivity contribution in [2.24, 2.45) is 5.92 Å². The smallest absolute Gasteiger partial charge is 0.317 e. The van der Waals surface area contributed by atoms with Gasteiger partial charge < -0.3 is 5.11 Å². The summed E-state index contributed by atoms with van der Waals surface area (Å²) in [7, 11) is 0. The Balaban J connectivity index is 2.31. The molecule has 1 N–H and O–H groups in total. The van der Waals surface area contributed by atoms with Crippen LogP contribution in [0.1, 0.15) is 13.8 Å². The van der Waals surface area contributed by atoms with Crippen LogP contribution in [0.2, 0.25) is 0 Å². The number of aliphatic carboxylic acids is 1. The number of hydrogen-bond acceptors (Lipinski definition) is 4. The first-order valence-corrected chi connectivity index (χ1v) is 6.98. The van der Waals surface area contributed by atoms with Gasteiger partial charge in [-0.2, -0.15) is 4.37 Å². The summed E-state index contributed by atoms with van der Waals surface area (Å²) >= 11 is 2.77. The molecule has 1 atom stereocenters. The lowest BCUT2D eigenvalue weighted by Gasteiger charge is -2.14. The molecule has 1 aromatic heterocycles. The summed E-state index contributed by atoms with van der Waals surface area (Å²) < 4.78 is 5.31. The lowest BCUT2D eigenvalue weighted by Crippen LogP contribution is -2.22. The quantitative estimate of drug-likeness (QED) is 0.861. The molecule has 17 heavy (non-hydrogen) atoms. The number of carbonyl (C=O) groups is 1. The summed E-state index contributed by atoms with van der Waals surface area (Å²) in [5.41, 5.74) is 0.938. The molecule has 5 heteroatoms. The lowest BCUT2D eigenvalue weighted by molar-refractivity contribution is -0.137. The van der Waals surface area contributed by atoms with Gasteiger partial charge in [-0.3, -0.25) is 4.79 Å². The highest BCUT2D eigenvalue weighted by Gasteiger charge is 2.24. The number of benzene rings is 1. The van der Waals surface area contributed by atoms with E-state index in [-0.39, 0.29) is 5.92 Å². The predicted molar refractivity (Wildman–Crippen MR) is 71.7 cm³/mol. The maximum absolute atomic E-state index is 11.2. The molecule has 2 aromatic rings. The Morgan fingerprint density at radius 1 is 1.41 bits per heavy atom. The van der Waals surface area contributed by atoms with E-state index in [0.717, 1.165) is 15.1 Å². The van der Waals surface area contributed by atoms with Crippen molar-refractivity contribution in [1.29, 1.82) is 0 Å². The molecule has 0 aliphatic carbocycles. The fourth-order valence-corrected chi connectivity index (χ4v) is 3.65. The fourth-order valence-electron chi connectivity index (χ4n) is 1.54. The van der Waals surface area contributed by atoms with Crippen LogP contribution in [0.5, 0.6) is 0 Å². The number of carboxylic acid groups (broad SMARTS) is 1. The Morgan fingerprint density at radius 3 is 2.76 bits per heavy atom. The van der Waals surface area contributed by atoms with Crippen LogP contribution >= 0.6 is 23.3 Å². The summed E-state index contributed by atoms with van der Waals surface area (Å²) in [6.07, 6.45) is 0. The molecule has 0 amide bonds. The van der Waals surface area contributed by atoms with E-state index < -0.39 is 11.2 Å². The Bertz CT molecular complexity index is 536. The molecule has 2 rings (SSSR count). The van der Waals surface area contributed by atoms with Crippen molar-refractivity contribution >= 4 is 40.2 Å². The zero-order valence-corrected chi connectivity index (χ0v) is 11.2. The SMILES string of the molecule is CC(C)C(Sc1snc2ccccc12)C(=O)O. The van der Waals surface area contributed by atoms with E-state index in [1.165, 1.54) is 23.3 Å². The summed E-state index contributed by atoms with van der Waals surface area (Å²) in [5.74, 6) is -0.666. The number of fused-ring (bicyclic) bond motifs is 1. The van der Waals surface area contributed by atoms with Gasteiger partial charge >= 0.3 is 5.97 Å². The molecule has 0 aliphatic rings. The monoisotopic (exact) mass is 267 g/mol. The van der Waals surface area contributed by atoms with Crippen molar-refractivity contribution < 1.29 is 9.90 Å². The largest absolute Gasteiger partial charge is 0.480 e. The van der Waals surface area contributed by atoms with E-state index in [1.807, 2.05) is 38.1 Å². The first-order valence-electron chi connectivity index (χ1n) is 5.33. The van der Waals surface area contributed by atoms with Gasteiger partial charge in [-0.1, -0.05) is 43.8 Å². The summed E-state index contributed by atoms with van der Waals surface area (Å²) in [4.78, 5) is 11.2. The van der Waals surface area contributed by atoms with Gasteiger partial charge in [-0.05, 0) is 23.5 Å². The second-order valence-electron chi connectivity index (χ2n) is 4.11. The second kappa shape index (κ2) is 5.06. The topological polar surface area (TPSA) is 50.2 Å². The molecule has 0 bridgehead atoms. The number of thioether (sulfide) groups is 1. The van der Waals surface area contributed by atoms with Crippen LogP contribution in [0.25, 0.3) is 10.9 Å². The van der Waals surface area contributed by atoms with Gasteiger partial charge in [0.15, 0.2) is 0 Å². The van der Waals surface area contributed by atoms with Crippen LogP contribution in [0.3, 0.4) is 0 Å². The maximum Gasteiger partial charge on any atom is 0.317 e. The zero-order valence-electron chi connectivity index (χ0n) is 9.58. The average molecular weight is 267 g/mol. The first-order chi connectivity index (χ1) is 8.09. The van der Waals surface area contributed by atoms with Gasteiger partial charge in [0, 0.05) is 5.39 Å². The Kier molecular flexibility index (Phi) is 3.69. The van der Waals surface area contributed by atoms with Crippen LogP contribution in [0.15, 0.2) is 28.5 Å². The Morgan fingerprint density at radius 2 is 2.12 bits per heavy atom. The highest BCUT2D eigenvalue weighted by atomic mass is 32.2. The van der Waals surface area contributed by atoms with Gasteiger partial charge in [0.2, 0.25) is 0 Å². The fraction of sp³-hybridized carbons (Fsp3) is 0.333. The number of aromatic nitrogens is 1. The minimum atomic E-state index is -0.762.